The maximum atomic E-state index is 11.0. The second kappa shape index (κ2) is 7.42. The van der Waals surface area contributed by atoms with Gasteiger partial charge >= 0.3 is 0 Å². The molecule has 3 rings (SSSR count). The Bertz CT molecular complexity index is 540. The van der Waals surface area contributed by atoms with Crippen molar-refractivity contribution in [1.29, 1.82) is 0 Å². The number of benzene rings is 1. The van der Waals surface area contributed by atoms with Crippen LogP contribution < -0.4 is 4.90 Å². The normalized spacial score (nSPS) is 27.5. The molecule has 0 unspecified atom stereocenters. The molecule has 2 N–H and O–H groups in total. The molecule has 4 nitrogen and oxygen atoms in total. The largest absolute Gasteiger partial charge is 0.391 e. The maximum absolute atomic E-state index is 11.0. The minimum Gasteiger partial charge on any atom is -0.391 e. The van der Waals surface area contributed by atoms with Crippen molar-refractivity contribution >= 4 is 5.69 Å². The molecule has 24 heavy (non-hydrogen) atoms. The Morgan fingerprint density at radius 3 is 2.50 bits per heavy atom. The molecule has 1 aromatic rings. The van der Waals surface area contributed by atoms with E-state index in [1.54, 1.807) is 0 Å². The average Bonchev–Trinajstić information content (AvgIpc) is 2.56. The molecule has 4 heteroatoms. The number of hydrogen-bond donors (Lipinski definition) is 2. The summed E-state index contributed by atoms with van der Waals surface area (Å²) in [5, 5.41) is 21.3. The van der Waals surface area contributed by atoms with E-state index in [4.69, 9.17) is 0 Å². The third-order valence-corrected chi connectivity index (χ3v) is 5.95. The van der Waals surface area contributed by atoms with Gasteiger partial charge in [-0.2, -0.15) is 0 Å². The fourth-order valence-corrected chi connectivity index (χ4v) is 4.43. The fourth-order valence-electron chi connectivity index (χ4n) is 4.43. The van der Waals surface area contributed by atoms with Crippen LogP contribution in [0.25, 0.3) is 0 Å². The summed E-state index contributed by atoms with van der Waals surface area (Å²) in [5.74, 6) is 0. The second-order valence-corrected chi connectivity index (χ2v) is 7.83. The van der Waals surface area contributed by atoms with Crippen LogP contribution in [-0.4, -0.2) is 59.5 Å². The van der Waals surface area contributed by atoms with Crippen LogP contribution in [0, 0.1) is 6.92 Å². The third kappa shape index (κ3) is 3.93. The van der Waals surface area contributed by atoms with Crippen molar-refractivity contribution in [3.05, 3.63) is 29.8 Å². The molecule has 1 saturated heterocycles. The van der Waals surface area contributed by atoms with Gasteiger partial charge in [0.2, 0.25) is 0 Å². The number of piperidine rings is 1. The zero-order valence-corrected chi connectivity index (χ0v) is 15.1. The first-order valence-electron chi connectivity index (χ1n) is 9.40. The molecular formula is C20H32N2O2. The molecular weight excluding hydrogens is 300 g/mol. The topological polar surface area (TPSA) is 46.9 Å². The summed E-state index contributed by atoms with van der Waals surface area (Å²) in [7, 11) is 2.06. The average molecular weight is 332 g/mol. The first kappa shape index (κ1) is 17.7. The molecule has 134 valence electrons. The Morgan fingerprint density at radius 1 is 1.17 bits per heavy atom. The number of anilines is 1. The van der Waals surface area contributed by atoms with Crippen molar-refractivity contribution in [2.75, 3.05) is 31.6 Å². The van der Waals surface area contributed by atoms with Crippen molar-refractivity contribution < 1.29 is 10.2 Å². The highest BCUT2D eigenvalue weighted by Crippen LogP contribution is 2.30. The molecule has 1 aliphatic carbocycles. The molecule has 0 bridgehead atoms. The fraction of sp³-hybridized carbons (Fsp3) is 0.700. The van der Waals surface area contributed by atoms with Gasteiger partial charge in [0.1, 0.15) is 0 Å². The minimum atomic E-state index is -0.634. The van der Waals surface area contributed by atoms with Crippen LogP contribution in [0.1, 0.15) is 44.1 Å². The van der Waals surface area contributed by atoms with E-state index in [1.165, 1.54) is 17.7 Å². The van der Waals surface area contributed by atoms with Gasteiger partial charge < -0.3 is 15.1 Å². The molecule has 1 aromatic carbocycles. The summed E-state index contributed by atoms with van der Waals surface area (Å²) in [6.07, 6.45) is 5.59. The number of aliphatic hydroxyl groups is 2. The lowest BCUT2D eigenvalue weighted by atomic mass is 9.87. The Labute approximate surface area is 146 Å². The smallest absolute Gasteiger partial charge is 0.0807 e. The van der Waals surface area contributed by atoms with Gasteiger partial charge in [-0.3, -0.25) is 4.90 Å². The molecule has 0 spiro atoms. The predicted molar refractivity (Wildman–Crippen MR) is 98.5 cm³/mol. The van der Waals surface area contributed by atoms with Gasteiger partial charge in [-0.05, 0) is 51.3 Å². The number of hydrogen-bond acceptors (Lipinski definition) is 4. The second-order valence-electron chi connectivity index (χ2n) is 7.83. The van der Waals surface area contributed by atoms with Gasteiger partial charge in [0.15, 0.2) is 0 Å². The first-order chi connectivity index (χ1) is 11.5. The van der Waals surface area contributed by atoms with E-state index in [0.717, 1.165) is 45.2 Å². The zero-order chi connectivity index (χ0) is 17.2. The number of nitrogens with zero attached hydrogens (tertiary/aromatic N) is 2. The summed E-state index contributed by atoms with van der Waals surface area (Å²) in [5.41, 5.74) is 1.95. The highest BCUT2D eigenvalue weighted by Gasteiger charge is 2.36. The Hall–Kier alpha value is -1.10. The maximum Gasteiger partial charge on any atom is 0.0807 e. The Balaban J connectivity index is 1.57. The van der Waals surface area contributed by atoms with E-state index in [2.05, 4.69) is 48.0 Å². The molecule has 1 aliphatic heterocycles. The highest BCUT2D eigenvalue weighted by molar-refractivity contribution is 5.53. The Kier molecular flexibility index (Phi) is 5.48. The summed E-state index contributed by atoms with van der Waals surface area (Å²) in [6.45, 7) is 4.59. The van der Waals surface area contributed by atoms with Gasteiger partial charge in [-0.25, -0.2) is 0 Å². The van der Waals surface area contributed by atoms with Crippen LogP contribution in [0.3, 0.4) is 0 Å². The molecule has 2 fully saturated rings. The molecule has 1 heterocycles. The summed E-state index contributed by atoms with van der Waals surface area (Å²) >= 11 is 0. The molecule has 0 amide bonds. The van der Waals surface area contributed by atoms with E-state index < -0.39 is 5.60 Å². The molecule has 1 saturated carbocycles. The number of para-hydroxylation sites is 1. The van der Waals surface area contributed by atoms with Crippen LogP contribution in [0.2, 0.25) is 0 Å². The number of aryl methyl sites for hydroxylation is 1. The van der Waals surface area contributed by atoms with Crippen LogP contribution in [-0.2, 0) is 0 Å². The minimum absolute atomic E-state index is 0.206. The van der Waals surface area contributed by atoms with Crippen LogP contribution in [0.15, 0.2) is 24.3 Å². The lowest BCUT2D eigenvalue weighted by molar-refractivity contribution is -0.0449. The van der Waals surface area contributed by atoms with Crippen molar-refractivity contribution in [3.8, 4) is 0 Å². The number of rotatable bonds is 4. The SMILES string of the molecule is Cc1ccccc1N1CCC(O)(CN(C)[C@H]2CCCC[C@@H]2O)CC1. The molecule has 0 radical (unpaired) electrons. The van der Waals surface area contributed by atoms with Crippen molar-refractivity contribution in [1.82, 2.24) is 4.90 Å². The summed E-state index contributed by atoms with van der Waals surface area (Å²) < 4.78 is 0. The van der Waals surface area contributed by atoms with Crippen LogP contribution in [0.4, 0.5) is 5.69 Å². The van der Waals surface area contributed by atoms with Crippen LogP contribution in [0.5, 0.6) is 0 Å². The lowest BCUT2D eigenvalue weighted by Crippen LogP contribution is -2.54. The van der Waals surface area contributed by atoms with E-state index in [0.29, 0.717) is 6.54 Å². The third-order valence-electron chi connectivity index (χ3n) is 5.95. The van der Waals surface area contributed by atoms with E-state index >= 15 is 0 Å². The van der Waals surface area contributed by atoms with Crippen LogP contribution >= 0.6 is 0 Å². The van der Waals surface area contributed by atoms with Crippen molar-refractivity contribution in [3.63, 3.8) is 0 Å². The predicted octanol–water partition coefficient (Wildman–Crippen LogP) is 2.56. The van der Waals surface area contributed by atoms with Gasteiger partial charge in [0.25, 0.3) is 0 Å². The van der Waals surface area contributed by atoms with Gasteiger partial charge in [-0.1, -0.05) is 31.0 Å². The number of likely N-dealkylation sites (N-methyl/N-ethyl adjacent to an activating group) is 1. The lowest BCUT2D eigenvalue weighted by Gasteiger charge is -2.44. The molecule has 2 aliphatic rings. The van der Waals surface area contributed by atoms with Crippen molar-refractivity contribution in [2.24, 2.45) is 0 Å². The first-order valence-corrected chi connectivity index (χ1v) is 9.40. The van der Waals surface area contributed by atoms with Crippen molar-refractivity contribution in [2.45, 2.75) is 63.2 Å². The number of aliphatic hydroxyl groups excluding tert-OH is 1. The standard InChI is InChI=1S/C20H32N2O2/c1-16-7-3-4-8-17(16)22-13-11-20(24,12-14-22)15-21(2)18-9-5-6-10-19(18)23/h3-4,7-8,18-19,23-24H,5-6,9-15H2,1-2H3/t18-,19-/m0/s1. The zero-order valence-electron chi connectivity index (χ0n) is 15.1. The summed E-state index contributed by atoms with van der Waals surface area (Å²) in [4.78, 5) is 4.59. The van der Waals surface area contributed by atoms with Gasteiger partial charge in [0.05, 0.1) is 11.7 Å². The van der Waals surface area contributed by atoms with E-state index in [1.807, 2.05) is 0 Å². The quantitative estimate of drug-likeness (QED) is 0.890. The Morgan fingerprint density at radius 2 is 1.83 bits per heavy atom. The monoisotopic (exact) mass is 332 g/mol. The summed E-state index contributed by atoms with van der Waals surface area (Å²) in [6, 6.07) is 8.68. The highest BCUT2D eigenvalue weighted by atomic mass is 16.3. The van der Waals surface area contributed by atoms with Gasteiger partial charge in [-0.15, -0.1) is 0 Å². The molecule has 0 aromatic heterocycles. The van der Waals surface area contributed by atoms with E-state index in [9.17, 15) is 10.2 Å². The van der Waals surface area contributed by atoms with Gasteiger partial charge in [0, 0.05) is 31.4 Å². The molecule has 2 atom stereocenters. The van der Waals surface area contributed by atoms with E-state index in [-0.39, 0.29) is 12.1 Å².